The fraction of sp³-hybridized carbons (Fsp3) is 0.538. The minimum atomic E-state index is -0.894. The Bertz CT molecular complexity index is 431. The third kappa shape index (κ3) is 2.40. The maximum Gasteiger partial charge on any atom is 0.339 e. The quantitative estimate of drug-likeness (QED) is 0.854. The van der Waals surface area contributed by atoms with Crippen LogP contribution in [0.15, 0.2) is 12.3 Å². The molecular formula is C13H18N2O2. The molecule has 1 fully saturated rings. The van der Waals surface area contributed by atoms with Crippen LogP contribution in [0.1, 0.15) is 42.1 Å². The van der Waals surface area contributed by atoms with Gasteiger partial charge in [-0.25, -0.2) is 9.78 Å². The van der Waals surface area contributed by atoms with Crippen molar-refractivity contribution in [2.75, 3.05) is 11.4 Å². The molecule has 1 N–H and O–H groups in total. The summed E-state index contributed by atoms with van der Waals surface area (Å²) in [7, 11) is 0. The van der Waals surface area contributed by atoms with Crippen molar-refractivity contribution in [3.63, 3.8) is 0 Å². The van der Waals surface area contributed by atoms with Gasteiger partial charge in [0.25, 0.3) is 0 Å². The first-order valence-electron chi connectivity index (χ1n) is 6.06. The Kier molecular flexibility index (Phi) is 3.31. The van der Waals surface area contributed by atoms with Gasteiger partial charge in [0.2, 0.25) is 0 Å². The lowest BCUT2D eigenvalue weighted by Gasteiger charge is -2.35. The molecule has 4 nitrogen and oxygen atoms in total. The third-order valence-corrected chi connectivity index (χ3v) is 3.31. The van der Waals surface area contributed by atoms with E-state index < -0.39 is 5.97 Å². The number of anilines is 1. The number of pyridine rings is 1. The summed E-state index contributed by atoms with van der Waals surface area (Å²) >= 11 is 0. The fourth-order valence-electron chi connectivity index (χ4n) is 2.36. The Labute approximate surface area is 101 Å². The van der Waals surface area contributed by atoms with Crippen LogP contribution in [0.2, 0.25) is 0 Å². The van der Waals surface area contributed by atoms with Crippen molar-refractivity contribution in [2.45, 2.75) is 39.2 Å². The zero-order valence-electron chi connectivity index (χ0n) is 10.3. The Hall–Kier alpha value is -1.58. The Morgan fingerprint density at radius 2 is 2.29 bits per heavy atom. The lowest BCUT2D eigenvalue weighted by atomic mass is 10.0. The number of aryl methyl sites for hydroxylation is 1. The lowest BCUT2D eigenvalue weighted by Crippen LogP contribution is -2.39. The number of aromatic carboxylic acids is 1. The van der Waals surface area contributed by atoms with Crippen molar-refractivity contribution < 1.29 is 9.90 Å². The van der Waals surface area contributed by atoms with E-state index in [1.165, 1.54) is 6.42 Å². The SMILES string of the molecule is Cc1cnc(N2CCCCC2C)c(C(=O)O)c1. The highest BCUT2D eigenvalue weighted by Gasteiger charge is 2.24. The summed E-state index contributed by atoms with van der Waals surface area (Å²) in [5, 5.41) is 9.24. The number of nitrogens with zero attached hydrogens (tertiary/aromatic N) is 2. The molecule has 1 aromatic rings. The second-order valence-corrected chi connectivity index (χ2v) is 4.73. The summed E-state index contributed by atoms with van der Waals surface area (Å²) in [6.45, 7) is 4.90. The van der Waals surface area contributed by atoms with Crippen LogP contribution in [0, 0.1) is 6.92 Å². The van der Waals surface area contributed by atoms with E-state index in [2.05, 4.69) is 16.8 Å². The van der Waals surface area contributed by atoms with Crippen LogP contribution in [-0.2, 0) is 0 Å². The zero-order valence-corrected chi connectivity index (χ0v) is 10.3. The Morgan fingerprint density at radius 3 is 2.94 bits per heavy atom. The average Bonchev–Trinajstić information content (AvgIpc) is 2.30. The second-order valence-electron chi connectivity index (χ2n) is 4.73. The highest BCUT2D eigenvalue weighted by molar-refractivity contribution is 5.93. The summed E-state index contributed by atoms with van der Waals surface area (Å²) in [5.41, 5.74) is 1.20. The predicted molar refractivity (Wildman–Crippen MR) is 66.6 cm³/mol. The van der Waals surface area contributed by atoms with Gasteiger partial charge in [-0.05, 0) is 44.7 Å². The van der Waals surface area contributed by atoms with E-state index in [0.29, 0.717) is 17.4 Å². The fourth-order valence-corrected chi connectivity index (χ4v) is 2.36. The molecule has 0 aromatic carbocycles. The topological polar surface area (TPSA) is 53.4 Å². The van der Waals surface area contributed by atoms with E-state index in [-0.39, 0.29) is 0 Å². The van der Waals surface area contributed by atoms with Crippen molar-refractivity contribution in [2.24, 2.45) is 0 Å². The maximum absolute atomic E-state index is 11.3. The molecule has 1 saturated heterocycles. The molecule has 92 valence electrons. The standard InChI is InChI=1S/C13H18N2O2/c1-9-7-11(13(16)17)12(14-8-9)15-6-4-3-5-10(15)2/h7-8,10H,3-6H2,1-2H3,(H,16,17). The number of carbonyl (C=O) groups is 1. The first-order chi connectivity index (χ1) is 8.09. The van der Waals surface area contributed by atoms with Crippen LogP contribution >= 0.6 is 0 Å². The van der Waals surface area contributed by atoms with E-state index in [0.717, 1.165) is 24.9 Å². The monoisotopic (exact) mass is 234 g/mol. The summed E-state index contributed by atoms with van der Waals surface area (Å²) in [6, 6.07) is 2.07. The smallest absolute Gasteiger partial charge is 0.339 e. The Morgan fingerprint density at radius 1 is 1.53 bits per heavy atom. The molecule has 1 aliphatic heterocycles. The molecular weight excluding hydrogens is 216 g/mol. The van der Waals surface area contributed by atoms with Gasteiger partial charge in [0.15, 0.2) is 0 Å². The van der Waals surface area contributed by atoms with E-state index in [1.807, 2.05) is 6.92 Å². The Balaban J connectivity index is 2.39. The second kappa shape index (κ2) is 4.73. The van der Waals surface area contributed by atoms with Gasteiger partial charge in [0.05, 0.1) is 0 Å². The molecule has 0 amide bonds. The van der Waals surface area contributed by atoms with Gasteiger partial charge in [-0.3, -0.25) is 0 Å². The molecule has 1 aromatic heterocycles. The van der Waals surface area contributed by atoms with Gasteiger partial charge in [-0.1, -0.05) is 0 Å². The number of carboxylic acids is 1. The van der Waals surface area contributed by atoms with Gasteiger partial charge in [-0.15, -0.1) is 0 Å². The van der Waals surface area contributed by atoms with Crippen LogP contribution in [0.25, 0.3) is 0 Å². The minimum Gasteiger partial charge on any atom is -0.478 e. The minimum absolute atomic E-state index is 0.318. The molecule has 0 radical (unpaired) electrons. The molecule has 4 heteroatoms. The van der Waals surface area contributed by atoms with Crippen molar-refractivity contribution in [1.29, 1.82) is 0 Å². The zero-order chi connectivity index (χ0) is 12.4. The van der Waals surface area contributed by atoms with Gasteiger partial charge in [-0.2, -0.15) is 0 Å². The summed E-state index contributed by atoms with van der Waals surface area (Å²) in [6.07, 6.45) is 5.17. The van der Waals surface area contributed by atoms with Crippen LogP contribution in [0.5, 0.6) is 0 Å². The lowest BCUT2D eigenvalue weighted by molar-refractivity contribution is 0.0697. The molecule has 0 bridgehead atoms. The molecule has 1 atom stereocenters. The van der Waals surface area contributed by atoms with Gasteiger partial charge < -0.3 is 10.0 Å². The normalized spacial score (nSPS) is 20.4. The molecule has 0 aliphatic carbocycles. The molecule has 17 heavy (non-hydrogen) atoms. The largest absolute Gasteiger partial charge is 0.478 e. The van der Waals surface area contributed by atoms with Crippen LogP contribution in [0.3, 0.4) is 0 Å². The number of rotatable bonds is 2. The van der Waals surface area contributed by atoms with Crippen LogP contribution in [-0.4, -0.2) is 28.6 Å². The third-order valence-electron chi connectivity index (χ3n) is 3.31. The van der Waals surface area contributed by atoms with E-state index >= 15 is 0 Å². The van der Waals surface area contributed by atoms with Crippen LogP contribution < -0.4 is 4.90 Å². The molecule has 1 aliphatic rings. The summed E-state index contributed by atoms with van der Waals surface area (Å²) in [4.78, 5) is 17.7. The van der Waals surface area contributed by atoms with Gasteiger partial charge >= 0.3 is 5.97 Å². The first kappa shape index (κ1) is 11.9. The van der Waals surface area contributed by atoms with Crippen molar-refractivity contribution in [3.05, 3.63) is 23.4 Å². The van der Waals surface area contributed by atoms with Crippen LogP contribution in [0.4, 0.5) is 5.82 Å². The molecule has 1 unspecified atom stereocenters. The number of carboxylic acid groups (broad SMARTS) is 1. The van der Waals surface area contributed by atoms with E-state index in [9.17, 15) is 9.90 Å². The molecule has 0 saturated carbocycles. The predicted octanol–water partition coefficient (Wildman–Crippen LogP) is 2.47. The first-order valence-corrected chi connectivity index (χ1v) is 6.06. The van der Waals surface area contributed by atoms with E-state index in [4.69, 9.17) is 0 Å². The van der Waals surface area contributed by atoms with E-state index in [1.54, 1.807) is 12.3 Å². The average molecular weight is 234 g/mol. The number of piperidine rings is 1. The summed E-state index contributed by atoms with van der Waals surface area (Å²) in [5.74, 6) is -0.274. The molecule has 2 rings (SSSR count). The van der Waals surface area contributed by atoms with Crippen molar-refractivity contribution >= 4 is 11.8 Å². The molecule has 0 spiro atoms. The highest BCUT2D eigenvalue weighted by atomic mass is 16.4. The highest BCUT2D eigenvalue weighted by Crippen LogP contribution is 2.26. The number of hydrogen-bond acceptors (Lipinski definition) is 3. The molecule has 2 heterocycles. The van der Waals surface area contributed by atoms with Gasteiger partial charge in [0, 0.05) is 18.8 Å². The van der Waals surface area contributed by atoms with Crippen molar-refractivity contribution in [1.82, 2.24) is 4.98 Å². The maximum atomic E-state index is 11.3. The van der Waals surface area contributed by atoms with Crippen molar-refractivity contribution in [3.8, 4) is 0 Å². The van der Waals surface area contributed by atoms with Gasteiger partial charge in [0.1, 0.15) is 11.4 Å². The number of aromatic nitrogens is 1. The number of hydrogen-bond donors (Lipinski definition) is 1. The summed E-state index contributed by atoms with van der Waals surface area (Å²) < 4.78 is 0.